The van der Waals surface area contributed by atoms with E-state index in [1.165, 1.54) is 0 Å². The lowest BCUT2D eigenvalue weighted by atomic mass is 10.2. The van der Waals surface area contributed by atoms with Crippen molar-refractivity contribution in [1.82, 2.24) is 0 Å². The highest BCUT2D eigenvalue weighted by Crippen LogP contribution is 2.26. The van der Waals surface area contributed by atoms with Crippen LogP contribution >= 0.6 is 11.6 Å². The second-order valence-corrected chi connectivity index (χ2v) is 3.16. The zero-order valence-corrected chi connectivity index (χ0v) is 9.17. The molecule has 0 bridgehead atoms. The fourth-order valence-corrected chi connectivity index (χ4v) is 1.44. The van der Waals surface area contributed by atoms with Crippen LogP contribution in [0, 0.1) is 0 Å². The minimum Gasteiger partial charge on any atom is -0.497 e. The van der Waals surface area contributed by atoms with Crippen molar-refractivity contribution in [2.24, 2.45) is 0 Å². The summed E-state index contributed by atoms with van der Waals surface area (Å²) < 4.78 is 15.3. The van der Waals surface area contributed by atoms with E-state index < -0.39 is 6.29 Å². The third-order valence-corrected chi connectivity index (χ3v) is 2.05. The largest absolute Gasteiger partial charge is 0.497 e. The van der Waals surface area contributed by atoms with Crippen LogP contribution in [0.3, 0.4) is 0 Å². The lowest BCUT2D eigenvalue weighted by Gasteiger charge is -2.14. The van der Waals surface area contributed by atoms with E-state index in [2.05, 4.69) is 0 Å². The molecule has 0 amide bonds. The lowest BCUT2D eigenvalue weighted by molar-refractivity contribution is -0.106. The Morgan fingerprint density at radius 1 is 1.07 bits per heavy atom. The van der Waals surface area contributed by atoms with Gasteiger partial charge in [0.05, 0.1) is 7.11 Å². The predicted octanol–water partition coefficient (Wildman–Crippen LogP) is 2.64. The molecule has 0 unspecified atom stereocenters. The summed E-state index contributed by atoms with van der Waals surface area (Å²) in [5.74, 6) is 0.687. The van der Waals surface area contributed by atoms with Crippen molar-refractivity contribution >= 4 is 11.6 Å². The van der Waals surface area contributed by atoms with Crippen LogP contribution in [0.2, 0.25) is 5.02 Å². The fourth-order valence-electron chi connectivity index (χ4n) is 1.21. The Kier molecular flexibility index (Phi) is 4.20. The van der Waals surface area contributed by atoms with Gasteiger partial charge in [-0.3, -0.25) is 0 Å². The van der Waals surface area contributed by atoms with Crippen LogP contribution in [0.4, 0.5) is 0 Å². The Balaban J connectivity index is 3.01. The molecule has 1 rings (SSSR count). The van der Waals surface area contributed by atoms with Crippen LogP contribution in [0.15, 0.2) is 18.2 Å². The maximum atomic E-state index is 5.90. The van der Waals surface area contributed by atoms with Crippen LogP contribution in [-0.2, 0) is 9.47 Å². The topological polar surface area (TPSA) is 27.7 Å². The van der Waals surface area contributed by atoms with Crippen molar-refractivity contribution in [3.8, 4) is 5.75 Å². The van der Waals surface area contributed by atoms with Crippen LogP contribution in [0.25, 0.3) is 0 Å². The first kappa shape index (κ1) is 11.3. The van der Waals surface area contributed by atoms with Gasteiger partial charge in [0.2, 0.25) is 0 Å². The van der Waals surface area contributed by atoms with Gasteiger partial charge in [-0.05, 0) is 18.2 Å². The minimum absolute atomic E-state index is 0.414. The molecule has 0 fully saturated rings. The van der Waals surface area contributed by atoms with Gasteiger partial charge in [-0.1, -0.05) is 11.6 Å². The Morgan fingerprint density at radius 3 is 2.21 bits per heavy atom. The molecule has 0 aromatic heterocycles. The Hall–Kier alpha value is -0.770. The third-order valence-electron chi connectivity index (χ3n) is 1.83. The van der Waals surface area contributed by atoms with Gasteiger partial charge in [0.25, 0.3) is 0 Å². The summed E-state index contributed by atoms with van der Waals surface area (Å²) in [5.41, 5.74) is 0.833. The van der Waals surface area contributed by atoms with E-state index in [9.17, 15) is 0 Å². The zero-order chi connectivity index (χ0) is 10.6. The van der Waals surface area contributed by atoms with Gasteiger partial charge < -0.3 is 14.2 Å². The number of halogens is 1. The summed E-state index contributed by atoms with van der Waals surface area (Å²) >= 11 is 5.90. The van der Waals surface area contributed by atoms with Crippen molar-refractivity contribution in [3.05, 3.63) is 28.8 Å². The molecule has 0 aliphatic heterocycles. The number of ether oxygens (including phenoxy) is 3. The average Bonchev–Trinajstić information content (AvgIpc) is 2.19. The summed E-state index contributed by atoms with van der Waals surface area (Å²) in [6.07, 6.45) is -0.414. The highest BCUT2D eigenvalue weighted by Gasteiger charge is 2.10. The highest BCUT2D eigenvalue weighted by molar-refractivity contribution is 6.30. The smallest absolute Gasteiger partial charge is 0.183 e. The Bertz CT molecular complexity index is 297. The molecular weight excluding hydrogens is 204 g/mol. The standard InChI is InChI=1S/C10H13ClO3/c1-12-9-5-7(4-8(11)6-9)10(13-2)14-3/h4-6,10H,1-3H3. The number of methoxy groups -OCH3 is 3. The van der Waals surface area contributed by atoms with Gasteiger partial charge in [-0.25, -0.2) is 0 Å². The zero-order valence-electron chi connectivity index (χ0n) is 8.41. The normalized spacial score (nSPS) is 10.6. The molecule has 0 spiro atoms. The van der Waals surface area contributed by atoms with Crippen molar-refractivity contribution in [2.75, 3.05) is 21.3 Å². The molecule has 3 nitrogen and oxygen atoms in total. The summed E-state index contributed by atoms with van der Waals surface area (Å²) in [4.78, 5) is 0. The van der Waals surface area contributed by atoms with E-state index in [1.807, 2.05) is 6.07 Å². The monoisotopic (exact) mass is 216 g/mol. The summed E-state index contributed by atoms with van der Waals surface area (Å²) in [6, 6.07) is 5.33. The molecule has 0 radical (unpaired) electrons. The maximum Gasteiger partial charge on any atom is 0.183 e. The van der Waals surface area contributed by atoms with Gasteiger partial charge in [-0.15, -0.1) is 0 Å². The number of rotatable bonds is 4. The van der Waals surface area contributed by atoms with Crippen LogP contribution in [-0.4, -0.2) is 21.3 Å². The van der Waals surface area contributed by atoms with E-state index >= 15 is 0 Å². The number of benzene rings is 1. The van der Waals surface area contributed by atoms with Gasteiger partial charge in [0.1, 0.15) is 5.75 Å². The quantitative estimate of drug-likeness (QED) is 0.725. The molecule has 78 valence electrons. The predicted molar refractivity (Wildman–Crippen MR) is 54.8 cm³/mol. The number of hydrogen-bond donors (Lipinski definition) is 0. The first-order valence-electron chi connectivity index (χ1n) is 4.11. The van der Waals surface area contributed by atoms with E-state index in [1.54, 1.807) is 33.5 Å². The van der Waals surface area contributed by atoms with Gasteiger partial charge >= 0.3 is 0 Å². The molecule has 1 aromatic rings. The van der Waals surface area contributed by atoms with Crippen molar-refractivity contribution in [1.29, 1.82) is 0 Å². The highest BCUT2D eigenvalue weighted by atomic mass is 35.5. The molecule has 0 saturated carbocycles. The first-order chi connectivity index (χ1) is 6.71. The van der Waals surface area contributed by atoms with Crippen molar-refractivity contribution in [3.63, 3.8) is 0 Å². The van der Waals surface area contributed by atoms with Crippen LogP contribution in [0.5, 0.6) is 5.75 Å². The minimum atomic E-state index is -0.414. The first-order valence-corrected chi connectivity index (χ1v) is 4.49. The maximum absolute atomic E-state index is 5.90. The molecule has 0 atom stereocenters. The van der Waals surface area contributed by atoms with E-state index in [0.29, 0.717) is 10.8 Å². The summed E-state index contributed by atoms with van der Waals surface area (Å²) in [5, 5.41) is 0.596. The molecule has 0 N–H and O–H groups in total. The molecule has 0 aliphatic rings. The van der Waals surface area contributed by atoms with Crippen molar-refractivity contribution in [2.45, 2.75) is 6.29 Å². The molecule has 1 aromatic carbocycles. The molecule has 0 saturated heterocycles. The van der Waals surface area contributed by atoms with E-state index in [4.69, 9.17) is 25.8 Å². The number of hydrogen-bond acceptors (Lipinski definition) is 3. The Labute approximate surface area is 88.5 Å². The van der Waals surface area contributed by atoms with Crippen LogP contribution < -0.4 is 4.74 Å². The van der Waals surface area contributed by atoms with E-state index in [0.717, 1.165) is 5.56 Å². The Morgan fingerprint density at radius 2 is 1.71 bits per heavy atom. The van der Waals surface area contributed by atoms with E-state index in [-0.39, 0.29) is 0 Å². The molecule has 0 aliphatic carbocycles. The second kappa shape index (κ2) is 5.20. The molecule has 4 heteroatoms. The average molecular weight is 217 g/mol. The second-order valence-electron chi connectivity index (χ2n) is 2.73. The lowest BCUT2D eigenvalue weighted by Crippen LogP contribution is -2.03. The van der Waals surface area contributed by atoms with Gasteiger partial charge in [-0.2, -0.15) is 0 Å². The molecular formula is C10H13ClO3. The molecule has 14 heavy (non-hydrogen) atoms. The SMILES string of the molecule is COc1cc(Cl)cc(C(OC)OC)c1. The molecule has 0 heterocycles. The summed E-state index contributed by atoms with van der Waals surface area (Å²) in [7, 11) is 4.73. The third kappa shape index (κ3) is 2.61. The van der Waals surface area contributed by atoms with Crippen LogP contribution in [0.1, 0.15) is 11.9 Å². The van der Waals surface area contributed by atoms with Gasteiger partial charge in [0, 0.05) is 24.8 Å². The van der Waals surface area contributed by atoms with Crippen molar-refractivity contribution < 1.29 is 14.2 Å². The summed E-state index contributed by atoms with van der Waals surface area (Å²) in [6.45, 7) is 0. The fraction of sp³-hybridized carbons (Fsp3) is 0.400. The van der Waals surface area contributed by atoms with Gasteiger partial charge in [0.15, 0.2) is 6.29 Å².